The van der Waals surface area contributed by atoms with E-state index in [0.717, 1.165) is 6.08 Å². The fourth-order valence-corrected chi connectivity index (χ4v) is 3.26. The summed E-state index contributed by atoms with van der Waals surface area (Å²) in [7, 11) is 0. The monoisotopic (exact) mass is 434 g/mol. The fourth-order valence-electron chi connectivity index (χ4n) is 3.26. The molecule has 0 saturated heterocycles. The molecule has 1 aliphatic heterocycles. The van der Waals surface area contributed by atoms with Crippen molar-refractivity contribution in [1.82, 2.24) is 4.90 Å². The molecule has 0 aliphatic carbocycles. The van der Waals surface area contributed by atoms with Gasteiger partial charge in [-0.25, -0.2) is 4.79 Å². The van der Waals surface area contributed by atoms with Crippen LogP contribution in [0.15, 0.2) is 24.0 Å². The van der Waals surface area contributed by atoms with Crippen LogP contribution in [0.3, 0.4) is 0 Å². The van der Waals surface area contributed by atoms with Gasteiger partial charge >= 0.3 is 11.9 Å². The Bertz CT molecular complexity index is 919. The molecule has 0 saturated carbocycles. The molecule has 1 heterocycles. The summed E-state index contributed by atoms with van der Waals surface area (Å²) >= 11 is 0. The van der Waals surface area contributed by atoms with E-state index in [-0.39, 0.29) is 31.6 Å². The maximum Gasteiger partial charge on any atom is 0.367 e. The summed E-state index contributed by atoms with van der Waals surface area (Å²) < 4.78 is 24.0. The summed E-state index contributed by atoms with van der Waals surface area (Å²) in [6.45, 7) is 6.74. The van der Waals surface area contributed by atoms with Crippen LogP contribution in [0.25, 0.3) is 6.08 Å². The molecule has 1 aromatic carbocycles. The fraction of sp³-hybridized carbons (Fsp3) is 0.455. The smallest absolute Gasteiger partial charge is 0.367 e. The number of rotatable bonds is 8. The van der Waals surface area contributed by atoms with E-state index < -0.39 is 41.2 Å². The Hall–Kier alpha value is -3.23. The van der Waals surface area contributed by atoms with Crippen molar-refractivity contribution in [2.24, 2.45) is 5.73 Å². The van der Waals surface area contributed by atoms with Gasteiger partial charge in [-0.05, 0) is 57.4 Å². The maximum absolute atomic E-state index is 14.1. The summed E-state index contributed by atoms with van der Waals surface area (Å²) in [5, 5.41) is 0. The Balaban J connectivity index is 2.23. The second kappa shape index (κ2) is 9.72. The van der Waals surface area contributed by atoms with Gasteiger partial charge in [0.25, 0.3) is 5.91 Å². The third-order valence-electron chi connectivity index (χ3n) is 4.53. The van der Waals surface area contributed by atoms with Crippen molar-refractivity contribution in [3.8, 4) is 0 Å². The number of hydrogen-bond donors (Lipinski definition) is 1. The van der Waals surface area contributed by atoms with Crippen LogP contribution in [0.2, 0.25) is 0 Å². The van der Waals surface area contributed by atoms with Crippen LogP contribution in [0.4, 0.5) is 4.39 Å². The summed E-state index contributed by atoms with van der Waals surface area (Å²) in [4.78, 5) is 49.8. The number of primary amides is 1. The number of carbonyl (C=O) groups excluding carboxylic acids is 4. The predicted molar refractivity (Wildman–Crippen MR) is 110 cm³/mol. The molecule has 2 rings (SSSR count). The van der Waals surface area contributed by atoms with Crippen LogP contribution in [-0.4, -0.2) is 46.9 Å². The Morgan fingerprint density at radius 2 is 1.97 bits per heavy atom. The minimum atomic E-state index is -1.10. The zero-order valence-electron chi connectivity index (χ0n) is 18.1. The van der Waals surface area contributed by atoms with Gasteiger partial charge in [0, 0.05) is 18.5 Å². The zero-order chi connectivity index (χ0) is 23.3. The number of nitrogens with zero attached hydrogens (tertiary/aromatic N) is 1. The van der Waals surface area contributed by atoms with Gasteiger partial charge in [0.05, 0.1) is 6.61 Å². The van der Waals surface area contributed by atoms with Crippen molar-refractivity contribution < 1.29 is 33.0 Å². The molecule has 2 N–H and O–H groups in total. The highest BCUT2D eigenvalue weighted by molar-refractivity contribution is 6.02. The molecule has 2 amide bonds. The van der Waals surface area contributed by atoms with Crippen molar-refractivity contribution in [3.05, 3.63) is 40.7 Å². The molecule has 0 fully saturated rings. The molecule has 0 spiro atoms. The Kier molecular flexibility index (Phi) is 7.54. The molecule has 0 aromatic heterocycles. The van der Waals surface area contributed by atoms with Crippen molar-refractivity contribution in [1.29, 1.82) is 0 Å². The average Bonchev–Trinajstić information content (AvgIpc) is 2.98. The van der Waals surface area contributed by atoms with Crippen LogP contribution in [0.1, 0.15) is 62.0 Å². The third-order valence-corrected chi connectivity index (χ3v) is 4.53. The first kappa shape index (κ1) is 24.0. The second-order valence-electron chi connectivity index (χ2n) is 8.06. The quantitative estimate of drug-likeness (QED) is 0.496. The van der Waals surface area contributed by atoms with E-state index in [9.17, 15) is 23.6 Å². The van der Waals surface area contributed by atoms with Crippen LogP contribution < -0.4 is 5.73 Å². The molecule has 1 aliphatic rings. The maximum atomic E-state index is 14.1. The molecule has 1 atom stereocenters. The second-order valence-corrected chi connectivity index (χ2v) is 8.06. The molecule has 1 unspecified atom stereocenters. The van der Waals surface area contributed by atoms with E-state index in [1.165, 1.54) is 4.90 Å². The third kappa shape index (κ3) is 6.13. The van der Waals surface area contributed by atoms with E-state index in [1.54, 1.807) is 45.9 Å². The first-order valence-corrected chi connectivity index (χ1v) is 9.93. The van der Waals surface area contributed by atoms with Crippen molar-refractivity contribution in [2.75, 3.05) is 6.61 Å². The van der Waals surface area contributed by atoms with E-state index in [0.29, 0.717) is 11.1 Å². The SMILES string of the molecule is CCOC(=O)/C(F)=C/c1cccc2c1CN(C(CCC(=O)OC(C)(C)C)C(N)=O)C2=O. The predicted octanol–water partition coefficient (Wildman–Crippen LogP) is 2.49. The summed E-state index contributed by atoms with van der Waals surface area (Å²) in [6.07, 6.45) is 0.884. The normalized spacial score (nSPS) is 14.8. The van der Waals surface area contributed by atoms with Crippen molar-refractivity contribution in [3.63, 3.8) is 0 Å². The number of benzene rings is 1. The first-order chi connectivity index (χ1) is 14.4. The van der Waals surface area contributed by atoms with E-state index >= 15 is 0 Å². The number of esters is 2. The van der Waals surface area contributed by atoms with Crippen LogP contribution in [0.5, 0.6) is 0 Å². The number of carbonyl (C=O) groups is 4. The molecular weight excluding hydrogens is 407 g/mol. The first-order valence-electron chi connectivity index (χ1n) is 9.93. The topological polar surface area (TPSA) is 116 Å². The van der Waals surface area contributed by atoms with Gasteiger partial charge in [0.1, 0.15) is 11.6 Å². The van der Waals surface area contributed by atoms with Gasteiger partial charge in [-0.3, -0.25) is 14.4 Å². The lowest BCUT2D eigenvalue weighted by atomic mass is 10.0. The number of halogens is 1. The van der Waals surface area contributed by atoms with Crippen LogP contribution in [0, 0.1) is 0 Å². The summed E-state index contributed by atoms with van der Waals surface area (Å²) in [5.74, 6) is -3.94. The van der Waals surface area contributed by atoms with E-state index in [2.05, 4.69) is 4.74 Å². The Labute approximate surface area is 180 Å². The molecule has 31 heavy (non-hydrogen) atoms. The minimum Gasteiger partial charge on any atom is -0.461 e. The lowest BCUT2D eigenvalue weighted by molar-refractivity contribution is -0.155. The molecule has 168 valence electrons. The van der Waals surface area contributed by atoms with Gasteiger partial charge < -0.3 is 20.1 Å². The lowest BCUT2D eigenvalue weighted by Gasteiger charge is -2.26. The minimum absolute atomic E-state index is 0.00760. The molecule has 0 bridgehead atoms. The van der Waals surface area contributed by atoms with Crippen LogP contribution in [-0.2, 0) is 30.4 Å². The number of hydrogen-bond acceptors (Lipinski definition) is 6. The largest absolute Gasteiger partial charge is 0.461 e. The van der Waals surface area contributed by atoms with Gasteiger partial charge in [-0.1, -0.05) is 12.1 Å². The molecule has 0 radical (unpaired) electrons. The average molecular weight is 434 g/mol. The highest BCUT2D eigenvalue weighted by atomic mass is 19.1. The number of amides is 2. The number of fused-ring (bicyclic) bond motifs is 1. The highest BCUT2D eigenvalue weighted by Gasteiger charge is 2.37. The van der Waals surface area contributed by atoms with Crippen molar-refractivity contribution in [2.45, 2.75) is 58.7 Å². The molecular formula is C22H27FN2O6. The standard InChI is InChI=1S/C22H27FN2O6/c1-5-30-21(29)16(23)11-13-7-6-8-14-15(13)12-25(20(14)28)17(19(24)27)9-10-18(26)31-22(2,3)4/h6-8,11,17H,5,9-10,12H2,1-4H3,(H2,24,27)/b16-11-. The number of nitrogens with two attached hydrogens (primary N) is 1. The molecule has 9 heteroatoms. The van der Waals surface area contributed by atoms with Crippen LogP contribution >= 0.6 is 0 Å². The van der Waals surface area contributed by atoms with Crippen molar-refractivity contribution >= 4 is 29.8 Å². The van der Waals surface area contributed by atoms with Gasteiger partial charge in [-0.2, -0.15) is 4.39 Å². The summed E-state index contributed by atoms with van der Waals surface area (Å²) in [6, 6.07) is 3.60. The van der Waals surface area contributed by atoms with Gasteiger partial charge in [-0.15, -0.1) is 0 Å². The highest BCUT2D eigenvalue weighted by Crippen LogP contribution is 2.30. The molecule has 8 nitrogen and oxygen atoms in total. The number of ether oxygens (including phenoxy) is 2. The summed E-state index contributed by atoms with van der Waals surface area (Å²) in [5.41, 5.74) is 5.86. The van der Waals surface area contributed by atoms with E-state index in [4.69, 9.17) is 10.5 Å². The lowest BCUT2D eigenvalue weighted by Crippen LogP contribution is -2.45. The molecule has 1 aromatic rings. The Morgan fingerprint density at radius 1 is 1.29 bits per heavy atom. The Morgan fingerprint density at radius 3 is 2.55 bits per heavy atom. The van der Waals surface area contributed by atoms with E-state index in [1.807, 2.05) is 0 Å². The van der Waals surface area contributed by atoms with Gasteiger partial charge in [0.2, 0.25) is 11.7 Å². The zero-order valence-corrected chi connectivity index (χ0v) is 18.1. The van der Waals surface area contributed by atoms with Gasteiger partial charge in [0.15, 0.2) is 0 Å².